The quantitative estimate of drug-likeness (QED) is 0.160. The van der Waals surface area contributed by atoms with Gasteiger partial charge in [0, 0.05) is 31.4 Å². The molecular weight excluding hydrogens is 524 g/mol. The van der Waals surface area contributed by atoms with E-state index in [0.717, 1.165) is 0 Å². The maximum Gasteiger partial charge on any atom is 0.311 e. The number of ether oxygens (including phenoxy) is 4. The van der Waals surface area contributed by atoms with Crippen LogP contribution in [0.3, 0.4) is 0 Å². The summed E-state index contributed by atoms with van der Waals surface area (Å²) in [5, 5.41) is 58.1. The minimum atomic E-state index is -1.88. The Morgan fingerprint density at radius 3 is 2.27 bits per heavy atom. The van der Waals surface area contributed by atoms with Crippen molar-refractivity contribution in [1.82, 2.24) is 0 Å². The Balaban J connectivity index is 2.56. The lowest BCUT2D eigenvalue weighted by Gasteiger charge is -2.43. The van der Waals surface area contributed by atoms with Gasteiger partial charge < -0.3 is 50.3 Å². The molecule has 0 amide bonds. The average molecular weight is 577 g/mol. The fraction of sp³-hybridized carbons (Fsp3) is 0.929. The molecule has 0 aromatic carbocycles. The Labute approximate surface area is 237 Å². The van der Waals surface area contributed by atoms with Crippen molar-refractivity contribution >= 4 is 11.7 Å². The van der Waals surface area contributed by atoms with Crippen LogP contribution in [0.25, 0.3) is 0 Å². The smallest absolute Gasteiger partial charge is 0.311 e. The highest BCUT2D eigenvalue weighted by Crippen LogP contribution is 2.36. The summed E-state index contributed by atoms with van der Waals surface area (Å²) in [6, 6.07) is -0.596. The molecule has 2 aliphatic rings. The van der Waals surface area contributed by atoms with Crippen LogP contribution in [0.2, 0.25) is 0 Å². The van der Waals surface area contributed by atoms with Gasteiger partial charge in [-0.05, 0) is 46.0 Å². The first kappa shape index (κ1) is 34.8. The summed E-state index contributed by atoms with van der Waals surface area (Å²) in [6.07, 6.45) is -6.17. The summed E-state index contributed by atoms with van der Waals surface area (Å²) in [4.78, 5) is 13.1. The van der Waals surface area contributed by atoms with E-state index in [1.54, 1.807) is 27.7 Å². The molecule has 2 fully saturated rings. The van der Waals surface area contributed by atoms with Gasteiger partial charge in [-0.3, -0.25) is 4.79 Å². The number of rotatable bonds is 4. The van der Waals surface area contributed by atoms with E-state index >= 15 is 0 Å². The van der Waals surface area contributed by atoms with Crippen LogP contribution in [0.1, 0.15) is 74.1 Å². The molecule has 2 aliphatic heterocycles. The maximum atomic E-state index is 13.1. The first-order valence-corrected chi connectivity index (χ1v) is 14.3. The minimum absolute atomic E-state index is 0.0939. The molecule has 12 heteroatoms. The van der Waals surface area contributed by atoms with Crippen molar-refractivity contribution in [2.45, 2.75) is 128 Å². The number of hydrogen-bond acceptors (Lipinski definition) is 12. The van der Waals surface area contributed by atoms with E-state index < -0.39 is 77.8 Å². The van der Waals surface area contributed by atoms with Crippen LogP contribution in [-0.4, -0.2) is 105 Å². The van der Waals surface area contributed by atoms with E-state index in [0.29, 0.717) is 13.0 Å². The van der Waals surface area contributed by atoms with Crippen LogP contribution in [0, 0.1) is 23.7 Å². The van der Waals surface area contributed by atoms with Gasteiger partial charge in [0.1, 0.15) is 17.8 Å². The second-order valence-corrected chi connectivity index (χ2v) is 12.4. The van der Waals surface area contributed by atoms with Crippen molar-refractivity contribution in [1.29, 1.82) is 0 Å². The average Bonchev–Trinajstić information content (AvgIpc) is 3.02. The number of hydrogen-bond donors (Lipinski definition) is 6. The van der Waals surface area contributed by atoms with E-state index in [2.05, 4.69) is 5.16 Å². The molecular formula is C28H52N2O10. The summed E-state index contributed by atoms with van der Waals surface area (Å²) < 4.78 is 23.8. The minimum Gasteiger partial charge on any atom is -0.459 e. The molecule has 234 valence electrons. The number of nitrogens with two attached hydrogens (primary N) is 1. The zero-order valence-electron chi connectivity index (χ0n) is 25.2. The van der Waals surface area contributed by atoms with Crippen molar-refractivity contribution in [3.05, 3.63) is 0 Å². The normalized spacial score (nSPS) is 47.8. The van der Waals surface area contributed by atoms with E-state index in [1.807, 2.05) is 6.92 Å². The van der Waals surface area contributed by atoms with Crippen molar-refractivity contribution in [2.75, 3.05) is 13.7 Å². The van der Waals surface area contributed by atoms with Crippen LogP contribution in [-0.2, 0) is 23.7 Å². The third-order valence-corrected chi connectivity index (χ3v) is 8.94. The topological polar surface area (TPSA) is 194 Å². The highest BCUT2D eigenvalue weighted by molar-refractivity contribution is 5.88. The molecule has 0 bridgehead atoms. The molecule has 13 atom stereocenters. The van der Waals surface area contributed by atoms with Crippen LogP contribution < -0.4 is 5.73 Å². The first-order chi connectivity index (χ1) is 18.5. The molecule has 0 aromatic heterocycles. The van der Waals surface area contributed by atoms with E-state index in [1.165, 1.54) is 21.0 Å². The standard InChI is InChI=1S/C28H52N2O10/c1-9-20-28(7,35)24(33)17(5)22(30-36)15(3)12-27(6,37-8)21(11-19(31)16(4)25(34)39-20)40-26-23(32)18(29)10-14(2)13-38-26/h14-21,23-24,26,31-33,35-36H,9-13,29H2,1-8H3. The summed E-state index contributed by atoms with van der Waals surface area (Å²) >= 11 is 0. The van der Waals surface area contributed by atoms with Gasteiger partial charge in [-0.2, -0.15) is 0 Å². The Hall–Kier alpha value is -1.38. The Kier molecular flexibility index (Phi) is 12.4. The molecule has 2 rings (SSSR count). The third kappa shape index (κ3) is 7.71. The molecule has 2 saturated heterocycles. The van der Waals surface area contributed by atoms with Gasteiger partial charge in [-0.1, -0.05) is 32.9 Å². The fourth-order valence-corrected chi connectivity index (χ4v) is 5.96. The Morgan fingerprint density at radius 2 is 1.73 bits per heavy atom. The summed E-state index contributed by atoms with van der Waals surface area (Å²) in [6.45, 7) is 12.0. The number of cyclic esters (lactones) is 1. The summed E-state index contributed by atoms with van der Waals surface area (Å²) in [5.41, 5.74) is 3.36. The van der Waals surface area contributed by atoms with Gasteiger partial charge >= 0.3 is 5.97 Å². The van der Waals surface area contributed by atoms with Crippen molar-refractivity contribution in [3.8, 4) is 0 Å². The molecule has 7 N–H and O–H groups in total. The number of methoxy groups -OCH3 is 1. The Bertz CT molecular complexity index is 857. The van der Waals surface area contributed by atoms with Gasteiger partial charge in [-0.25, -0.2) is 0 Å². The highest BCUT2D eigenvalue weighted by Gasteiger charge is 2.49. The molecule has 0 radical (unpaired) electrons. The van der Waals surface area contributed by atoms with Crippen LogP contribution in [0.15, 0.2) is 5.16 Å². The predicted octanol–water partition coefficient (Wildman–Crippen LogP) is 1.17. The molecule has 0 aromatic rings. The second-order valence-electron chi connectivity index (χ2n) is 12.4. The van der Waals surface area contributed by atoms with Gasteiger partial charge in [0.05, 0.1) is 42.1 Å². The molecule has 0 spiro atoms. The fourth-order valence-electron chi connectivity index (χ4n) is 5.96. The number of carbonyl (C=O) groups excluding carboxylic acids is 1. The van der Waals surface area contributed by atoms with Crippen LogP contribution >= 0.6 is 0 Å². The number of esters is 1. The molecule has 13 unspecified atom stereocenters. The monoisotopic (exact) mass is 576 g/mol. The lowest BCUT2D eigenvalue weighted by atomic mass is 9.75. The lowest BCUT2D eigenvalue weighted by molar-refractivity contribution is -0.256. The zero-order chi connectivity index (χ0) is 30.6. The van der Waals surface area contributed by atoms with Crippen molar-refractivity contribution in [2.24, 2.45) is 34.6 Å². The number of nitrogens with zero attached hydrogens (tertiary/aromatic N) is 1. The highest BCUT2D eigenvalue weighted by atomic mass is 16.7. The Morgan fingerprint density at radius 1 is 1.10 bits per heavy atom. The number of carbonyl (C=O) groups is 1. The van der Waals surface area contributed by atoms with E-state index in [4.69, 9.17) is 24.7 Å². The van der Waals surface area contributed by atoms with Gasteiger partial charge in [0.2, 0.25) is 0 Å². The maximum absolute atomic E-state index is 13.1. The largest absolute Gasteiger partial charge is 0.459 e. The molecule has 12 nitrogen and oxygen atoms in total. The second kappa shape index (κ2) is 14.2. The van der Waals surface area contributed by atoms with Gasteiger partial charge in [0.25, 0.3) is 0 Å². The van der Waals surface area contributed by atoms with Crippen molar-refractivity contribution < 1.29 is 49.4 Å². The number of aliphatic hydroxyl groups excluding tert-OH is 3. The van der Waals surface area contributed by atoms with E-state index in [9.17, 15) is 30.4 Å². The molecule has 0 aliphatic carbocycles. The lowest BCUT2D eigenvalue weighted by Crippen LogP contribution is -2.57. The predicted molar refractivity (Wildman–Crippen MR) is 147 cm³/mol. The number of oxime groups is 1. The zero-order valence-corrected chi connectivity index (χ0v) is 25.2. The number of aliphatic hydroxyl groups is 4. The first-order valence-electron chi connectivity index (χ1n) is 14.3. The van der Waals surface area contributed by atoms with Gasteiger partial charge in [0.15, 0.2) is 6.29 Å². The van der Waals surface area contributed by atoms with Crippen molar-refractivity contribution in [3.63, 3.8) is 0 Å². The van der Waals surface area contributed by atoms with Crippen LogP contribution in [0.5, 0.6) is 0 Å². The SMILES string of the molecule is CCC1OC(=O)C(C)C(O)CC(OC2OCC(C)CC(N)C2O)C(C)(OC)CC(C)C(=NO)C(C)C(O)C1(C)O. The van der Waals surface area contributed by atoms with Crippen LogP contribution in [0.4, 0.5) is 0 Å². The molecule has 0 saturated carbocycles. The van der Waals surface area contributed by atoms with E-state index in [-0.39, 0.29) is 30.9 Å². The molecule has 2 heterocycles. The van der Waals surface area contributed by atoms with Gasteiger partial charge in [-0.15, -0.1) is 0 Å². The summed E-state index contributed by atoms with van der Waals surface area (Å²) in [5.74, 6) is -3.02. The molecule has 40 heavy (non-hydrogen) atoms. The summed E-state index contributed by atoms with van der Waals surface area (Å²) in [7, 11) is 1.47. The third-order valence-electron chi connectivity index (χ3n) is 8.94.